The van der Waals surface area contributed by atoms with Crippen molar-refractivity contribution in [2.24, 2.45) is 0 Å². The number of halogens is 3. The minimum atomic E-state index is 0. The summed E-state index contributed by atoms with van der Waals surface area (Å²) in [5.74, 6) is 0.220. The van der Waals surface area contributed by atoms with Crippen molar-refractivity contribution in [2.75, 3.05) is 20.1 Å². The Morgan fingerprint density at radius 1 is 1.04 bits per heavy atom. The molecule has 2 fully saturated rings. The molecule has 0 N–H and O–H groups in total. The van der Waals surface area contributed by atoms with Crippen LogP contribution in [0, 0.1) is 0 Å². The number of hydrogen-bond donors (Lipinski definition) is 0. The van der Waals surface area contributed by atoms with Gasteiger partial charge in [-0.25, -0.2) is 0 Å². The highest BCUT2D eigenvalue weighted by Crippen LogP contribution is 2.29. The van der Waals surface area contributed by atoms with E-state index < -0.39 is 0 Å². The Balaban J connectivity index is 0.00000225. The molecule has 6 heteroatoms. The molecule has 0 radical (unpaired) electrons. The Morgan fingerprint density at radius 3 is 2.40 bits per heavy atom. The summed E-state index contributed by atoms with van der Waals surface area (Å²) < 4.78 is 0. The second kappa shape index (κ2) is 9.45. The molecule has 2 aliphatic heterocycles. The topological polar surface area (TPSA) is 23.6 Å². The fourth-order valence-electron chi connectivity index (χ4n) is 4.18. The van der Waals surface area contributed by atoms with Crippen molar-refractivity contribution in [3.05, 3.63) is 33.8 Å². The molecule has 2 atom stereocenters. The van der Waals surface area contributed by atoms with Crippen molar-refractivity contribution >= 4 is 41.5 Å². The van der Waals surface area contributed by atoms with E-state index in [-0.39, 0.29) is 18.3 Å². The highest BCUT2D eigenvalue weighted by Gasteiger charge is 2.35. The van der Waals surface area contributed by atoms with Crippen LogP contribution in [0.1, 0.15) is 44.1 Å². The Hall–Kier alpha value is -0.480. The van der Waals surface area contributed by atoms with Gasteiger partial charge in [0, 0.05) is 18.6 Å². The van der Waals surface area contributed by atoms with Gasteiger partial charge in [-0.2, -0.15) is 0 Å². The fourth-order valence-corrected chi connectivity index (χ4v) is 4.50. The summed E-state index contributed by atoms with van der Waals surface area (Å²) in [5, 5.41) is 1.05. The number of rotatable bonds is 3. The average Bonchev–Trinajstić information content (AvgIpc) is 2.59. The lowest BCUT2D eigenvalue weighted by Gasteiger charge is -2.45. The summed E-state index contributed by atoms with van der Waals surface area (Å²) in [7, 11) is 2.21. The average molecular weight is 406 g/mol. The molecule has 0 saturated carbocycles. The van der Waals surface area contributed by atoms with Crippen LogP contribution < -0.4 is 0 Å². The number of likely N-dealkylation sites (N-methyl/N-ethyl adjacent to an activating group) is 1. The van der Waals surface area contributed by atoms with Crippen LogP contribution in [0.2, 0.25) is 10.0 Å². The second-order valence-corrected chi connectivity index (χ2v) is 7.93. The zero-order chi connectivity index (χ0) is 17.1. The molecule has 3 rings (SSSR count). The molecule has 2 unspecified atom stereocenters. The molecule has 2 aliphatic rings. The zero-order valence-corrected chi connectivity index (χ0v) is 17.0. The van der Waals surface area contributed by atoms with Gasteiger partial charge in [0.05, 0.1) is 16.5 Å². The van der Waals surface area contributed by atoms with E-state index in [1.807, 2.05) is 12.1 Å². The van der Waals surface area contributed by atoms with Crippen molar-refractivity contribution in [1.82, 2.24) is 9.80 Å². The van der Waals surface area contributed by atoms with Crippen molar-refractivity contribution in [1.29, 1.82) is 0 Å². The number of benzene rings is 1. The van der Waals surface area contributed by atoms with Gasteiger partial charge in [0.1, 0.15) is 0 Å². The van der Waals surface area contributed by atoms with Crippen LogP contribution in [-0.4, -0.2) is 47.9 Å². The summed E-state index contributed by atoms with van der Waals surface area (Å²) in [5.41, 5.74) is 0.940. The number of likely N-dealkylation sites (tertiary alicyclic amines) is 2. The highest BCUT2D eigenvalue weighted by atomic mass is 35.5. The monoisotopic (exact) mass is 404 g/mol. The van der Waals surface area contributed by atoms with Crippen LogP contribution in [0.3, 0.4) is 0 Å². The molecule has 2 saturated heterocycles. The third-order valence-corrected chi connectivity index (χ3v) is 6.22. The lowest BCUT2D eigenvalue weighted by Crippen LogP contribution is -2.56. The Bertz CT molecular complexity index is 596. The van der Waals surface area contributed by atoms with Gasteiger partial charge >= 0.3 is 0 Å². The molecule has 25 heavy (non-hydrogen) atoms. The van der Waals surface area contributed by atoms with Crippen molar-refractivity contribution in [2.45, 2.75) is 57.0 Å². The largest absolute Gasteiger partial charge is 0.338 e. The number of hydrogen-bond acceptors (Lipinski definition) is 2. The van der Waals surface area contributed by atoms with Crippen LogP contribution in [-0.2, 0) is 11.2 Å². The van der Waals surface area contributed by atoms with E-state index in [2.05, 4.69) is 16.8 Å². The number of carbonyl (C=O) groups is 1. The number of nitrogens with zero attached hydrogens (tertiary/aromatic N) is 2. The van der Waals surface area contributed by atoms with Crippen molar-refractivity contribution in [3.8, 4) is 0 Å². The molecule has 0 bridgehead atoms. The molecule has 0 aliphatic carbocycles. The molecule has 3 nitrogen and oxygen atoms in total. The van der Waals surface area contributed by atoms with E-state index >= 15 is 0 Å². The molecular weight excluding hydrogens is 379 g/mol. The molecule has 0 aromatic heterocycles. The van der Waals surface area contributed by atoms with Crippen LogP contribution in [0.5, 0.6) is 0 Å². The first kappa shape index (κ1) is 20.8. The first-order valence-electron chi connectivity index (χ1n) is 9.00. The lowest BCUT2D eigenvalue weighted by atomic mass is 9.88. The van der Waals surface area contributed by atoms with Crippen molar-refractivity contribution < 1.29 is 4.79 Å². The molecule has 2 heterocycles. The SMILES string of the molecule is CN1CCCCC1C1CCCCN1C(=O)Cc1ccc(Cl)c(Cl)c1.Cl. The predicted molar refractivity (Wildman–Crippen MR) is 107 cm³/mol. The van der Waals surface area contributed by atoms with E-state index in [0.717, 1.165) is 31.5 Å². The first-order valence-corrected chi connectivity index (χ1v) is 9.75. The predicted octanol–water partition coefficient (Wildman–Crippen LogP) is 4.82. The van der Waals surface area contributed by atoms with Gasteiger partial charge in [0.25, 0.3) is 0 Å². The maximum absolute atomic E-state index is 13.0. The molecule has 0 spiro atoms. The van der Waals surface area contributed by atoms with Crippen LogP contribution in [0.15, 0.2) is 18.2 Å². The normalized spacial score (nSPS) is 24.7. The standard InChI is InChI=1S/C19H26Cl2N2O.ClH/c1-22-10-4-2-6-17(22)18-7-3-5-11-23(18)19(24)13-14-8-9-15(20)16(21)12-14;/h8-9,12,17-18H,2-7,10-11,13H2,1H3;1H. The molecule has 140 valence electrons. The third-order valence-electron chi connectivity index (χ3n) is 5.48. The van der Waals surface area contributed by atoms with E-state index in [4.69, 9.17) is 23.2 Å². The van der Waals surface area contributed by atoms with Gasteiger partial charge in [-0.1, -0.05) is 35.7 Å². The third kappa shape index (κ3) is 5.03. The van der Waals surface area contributed by atoms with Gasteiger partial charge in [0.2, 0.25) is 5.91 Å². The minimum absolute atomic E-state index is 0. The van der Waals surface area contributed by atoms with Gasteiger partial charge in [0.15, 0.2) is 0 Å². The van der Waals surface area contributed by atoms with E-state index in [1.165, 1.54) is 25.7 Å². The maximum Gasteiger partial charge on any atom is 0.227 e. The first-order chi connectivity index (χ1) is 11.6. The Morgan fingerprint density at radius 2 is 1.72 bits per heavy atom. The van der Waals surface area contributed by atoms with E-state index in [1.54, 1.807) is 6.07 Å². The maximum atomic E-state index is 13.0. The molecule has 1 aromatic carbocycles. The zero-order valence-electron chi connectivity index (χ0n) is 14.7. The van der Waals surface area contributed by atoms with E-state index in [9.17, 15) is 4.79 Å². The fraction of sp³-hybridized carbons (Fsp3) is 0.632. The molecule has 1 amide bonds. The molecule has 1 aromatic rings. The summed E-state index contributed by atoms with van der Waals surface area (Å²) in [6, 6.07) is 6.36. The summed E-state index contributed by atoms with van der Waals surface area (Å²) in [6.45, 7) is 2.03. The number of carbonyl (C=O) groups excluding carboxylic acids is 1. The summed E-state index contributed by atoms with van der Waals surface area (Å²) >= 11 is 12.1. The van der Waals surface area contributed by atoms with Crippen LogP contribution >= 0.6 is 35.6 Å². The van der Waals surface area contributed by atoms with Gasteiger partial charge in [-0.15, -0.1) is 12.4 Å². The van der Waals surface area contributed by atoms with Crippen molar-refractivity contribution in [3.63, 3.8) is 0 Å². The van der Waals surface area contributed by atoms with Gasteiger partial charge < -0.3 is 9.80 Å². The minimum Gasteiger partial charge on any atom is -0.338 e. The number of amides is 1. The lowest BCUT2D eigenvalue weighted by molar-refractivity contribution is -0.136. The van der Waals surface area contributed by atoms with Crippen LogP contribution in [0.4, 0.5) is 0 Å². The Kier molecular flexibility index (Phi) is 7.88. The van der Waals surface area contributed by atoms with Gasteiger partial charge in [-0.05, 0) is 63.4 Å². The number of piperidine rings is 2. The highest BCUT2D eigenvalue weighted by molar-refractivity contribution is 6.42. The smallest absolute Gasteiger partial charge is 0.227 e. The second-order valence-electron chi connectivity index (χ2n) is 7.12. The van der Waals surface area contributed by atoms with E-state index in [0.29, 0.717) is 28.5 Å². The molecular formula is C19H27Cl3N2O. The summed E-state index contributed by atoms with van der Waals surface area (Å²) in [4.78, 5) is 17.5. The van der Waals surface area contributed by atoms with Crippen LogP contribution in [0.25, 0.3) is 0 Å². The Labute approximate surface area is 167 Å². The summed E-state index contributed by atoms with van der Waals surface area (Å²) in [6.07, 6.45) is 7.63. The quantitative estimate of drug-likeness (QED) is 0.719. The van der Waals surface area contributed by atoms with Gasteiger partial charge in [-0.3, -0.25) is 4.79 Å².